The zero-order valence-corrected chi connectivity index (χ0v) is 65.5. The van der Waals surface area contributed by atoms with Crippen molar-refractivity contribution in [3.05, 3.63) is 357 Å². The number of para-hydroxylation sites is 5. The molecule has 0 saturated carbocycles. The Balaban J connectivity index is 0.601. The molecule has 0 amide bonds. The Morgan fingerprint density at radius 3 is 1.18 bits per heavy atom. The number of nitrogens with zero attached hydrogens (tertiary/aromatic N) is 11. The summed E-state index contributed by atoms with van der Waals surface area (Å²) in [6.07, 6.45) is 0. The summed E-state index contributed by atoms with van der Waals surface area (Å²) in [7, 11) is 0. The van der Waals surface area contributed by atoms with Crippen molar-refractivity contribution in [2.75, 3.05) is 0 Å². The Hall–Kier alpha value is -16.5. The first-order valence-corrected chi connectivity index (χ1v) is 40.7. The minimum atomic E-state index is -0.225. The lowest BCUT2D eigenvalue weighted by Crippen LogP contribution is -2.15. The van der Waals surface area contributed by atoms with Crippen molar-refractivity contribution in [2.24, 2.45) is 0 Å². The van der Waals surface area contributed by atoms with Crippen molar-refractivity contribution in [2.45, 2.75) is 19.3 Å². The van der Waals surface area contributed by atoms with Crippen molar-refractivity contribution in [3.63, 3.8) is 0 Å². The highest BCUT2D eigenvalue weighted by Gasteiger charge is 2.36. The molecule has 9 heterocycles. The van der Waals surface area contributed by atoms with Gasteiger partial charge < -0.3 is 22.2 Å². The molecule has 1 aliphatic rings. The third kappa shape index (κ3) is 10.8. The Bertz CT molecular complexity index is 8450. The van der Waals surface area contributed by atoms with Crippen molar-refractivity contribution >= 4 is 110 Å². The fourth-order valence-electron chi connectivity index (χ4n) is 18.4. The maximum atomic E-state index is 7.10. The molecule has 1 aliphatic carbocycles. The monoisotopic (exact) mass is 1570 g/mol. The van der Waals surface area contributed by atoms with Gasteiger partial charge in [0, 0.05) is 110 Å². The molecule has 25 rings (SSSR count). The van der Waals surface area contributed by atoms with Crippen LogP contribution in [0.3, 0.4) is 0 Å². The first kappa shape index (κ1) is 68.7. The predicted molar refractivity (Wildman–Crippen MR) is 485 cm³/mol. The van der Waals surface area contributed by atoms with Gasteiger partial charge in [-0.05, 0) is 124 Å². The molecule has 15 nitrogen and oxygen atoms in total. The van der Waals surface area contributed by atoms with Crippen LogP contribution in [-0.2, 0) is 5.41 Å². The van der Waals surface area contributed by atoms with Crippen LogP contribution in [-0.4, -0.2) is 54.4 Å². The Morgan fingerprint density at radius 1 is 0.221 bits per heavy atom. The first-order chi connectivity index (χ1) is 60.2. The second-order valence-electron chi connectivity index (χ2n) is 31.6. The molecule has 15 heteroatoms. The summed E-state index contributed by atoms with van der Waals surface area (Å²) < 4.78 is 30.1. The minimum Gasteiger partial charge on any atom is -0.455 e. The maximum Gasteiger partial charge on any atom is 0.180 e. The summed E-state index contributed by atoms with van der Waals surface area (Å²) in [6.45, 7) is 4.59. The van der Waals surface area contributed by atoms with Crippen LogP contribution in [0.2, 0.25) is 0 Å². The summed E-state index contributed by atoms with van der Waals surface area (Å²) >= 11 is 0. The summed E-state index contributed by atoms with van der Waals surface area (Å²) in [4.78, 5) is 53.3. The lowest BCUT2D eigenvalue weighted by atomic mass is 9.82. The van der Waals surface area contributed by atoms with Gasteiger partial charge in [0.15, 0.2) is 57.8 Å². The van der Waals surface area contributed by atoms with E-state index >= 15 is 0 Å². The quantitative estimate of drug-likeness (QED) is 0.112. The molecule has 15 aromatic carbocycles. The zero-order valence-electron chi connectivity index (χ0n) is 65.5. The van der Waals surface area contributed by atoms with E-state index in [1.807, 2.05) is 170 Å². The maximum absolute atomic E-state index is 7.10. The third-order valence-electron chi connectivity index (χ3n) is 24.2. The molecular formula is C107H63N11O4. The minimum absolute atomic E-state index is 0.225. The highest BCUT2D eigenvalue weighted by Crippen LogP contribution is 2.52. The predicted octanol–water partition coefficient (Wildman–Crippen LogP) is 27.0. The summed E-state index contributed by atoms with van der Waals surface area (Å²) in [5.74, 6) is 4.30. The van der Waals surface area contributed by atoms with E-state index in [1.54, 1.807) is 0 Å². The average Bonchev–Trinajstić information content (AvgIpc) is 1.55. The average molecular weight is 1570 g/mol. The first-order valence-electron chi connectivity index (χ1n) is 40.7. The van der Waals surface area contributed by atoms with Gasteiger partial charge in [0.05, 0.1) is 11.0 Å². The van der Waals surface area contributed by atoms with Crippen LogP contribution in [0.5, 0.6) is 0 Å². The molecular weight excluding hydrogens is 1500 g/mol. The summed E-state index contributed by atoms with van der Waals surface area (Å²) in [5, 5.41) is 7.33. The van der Waals surface area contributed by atoms with E-state index in [0.29, 0.717) is 103 Å². The van der Waals surface area contributed by atoms with Crippen LogP contribution in [0.25, 0.3) is 251 Å². The van der Waals surface area contributed by atoms with Gasteiger partial charge in [-0.25, -0.2) is 49.8 Å². The molecule has 0 N–H and O–H groups in total. The third-order valence-corrected chi connectivity index (χ3v) is 24.2. The zero-order chi connectivity index (χ0) is 80.4. The lowest BCUT2D eigenvalue weighted by Gasteiger charge is -2.21. The van der Waals surface area contributed by atoms with Gasteiger partial charge in [-0.3, -0.25) is 0 Å². The number of hydrogen-bond acceptors (Lipinski definition) is 14. The number of benzene rings is 15. The normalized spacial score (nSPS) is 12.6. The fraction of sp³-hybridized carbons (Fsp3) is 0.0280. The Morgan fingerprint density at radius 2 is 0.607 bits per heavy atom. The smallest absolute Gasteiger partial charge is 0.180 e. The molecule has 0 saturated heterocycles. The fourth-order valence-corrected chi connectivity index (χ4v) is 18.4. The second kappa shape index (κ2) is 26.8. The molecule has 570 valence electrons. The van der Waals surface area contributed by atoms with Crippen molar-refractivity contribution in [3.8, 4) is 142 Å². The van der Waals surface area contributed by atoms with E-state index in [-0.39, 0.29) is 5.41 Å². The van der Waals surface area contributed by atoms with Crippen LogP contribution in [0, 0.1) is 0 Å². The van der Waals surface area contributed by atoms with Crippen LogP contribution in [0.1, 0.15) is 25.0 Å². The molecule has 0 aliphatic heterocycles. The number of hydrogen-bond donors (Lipinski definition) is 0. The number of rotatable bonds is 12. The number of fused-ring (bicyclic) bond motifs is 18. The molecule has 122 heavy (non-hydrogen) atoms. The Kier molecular flexibility index (Phi) is 15.1. The van der Waals surface area contributed by atoms with Gasteiger partial charge in [0.2, 0.25) is 0 Å². The largest absolute Gasteiger partial charge is 0.455 e. The molecule has 0 fully saturated rings. The highest BCUT2D eigenvalue weighted by atomic mass is 16.3. The van der Waals surface area contributed by atoms with Gasteiger partial charge in [-0.15, -0.1) is 0 Å². The van der Waals surface area contributed by atoms with Crippen LogP contribution < -0.4 is 0 Å². The van der Waals surface area contributed by atoms with E-state index in [4.69, 9.17) is 67.5 Å². The van der Waals surface area contributed by atoms with Gasteiger partial charge in [0.25, 0.3) is 0 Å². The van der Waals surface area contributed by atoms with E-state index < -0.39 is 0 Å². The molecule has 9 aromatic heterocycles. The topological polar surface area (TPSA) is 186 Å². The van der Waals surface area contributed by atoms with Crippen LogP contribution in [0.4, 0.5) is 0 Å². The highest BCUT2D eigenvalue weighted by molar-refractivity contribution is 6.20. The van der Waals surface area contributed by atoms with Crippen molar-refractivity contribution < 1.29 is 17.7 Å². The van der Waals surface area contributed by atoms with Crippen LogP contribution >= 0.6 is 0 Å². The van der Waals surface area contributed by atoms with Crippen LogP contribution in [0.15, 0.2) is 363 Å². The Labute approximate surface area is 695 Å². The molecule has 0 unspecified atom stereocenters. The van der Waals surface area contributed by atoms with Gasteiger partial charge in [-0.1, -0.05) is 269 Å². The lowest BCUT2D eigenvalue weighted by molar-refractivity contribution is 0.660. The van der Waals surface area contributed by atoms with Gasteiger partial charge >= 0.3 is 0 Å². The SMILES string of the molecule is CC1(C)c2ccccc2-c2ccc(-c3nc(-c4cccc5c4oc4cccc(-c6nc(-c7ccccc7)nc(-c7cccc(-c8ccc9c(c8)c8ccc(-c%10nc(-c%11cccc%12c%11oc%11cccc(-c%13nc(-c%14ccccc%14)nc(-c%14ccccc%14)n%13)c%11%12)c%11oc%12ccccc%12c%11n%10)cc8n9-c8ccccc8)c7)n6)c45)c4oc5ccccc5c4n3)cc21. The molecule has 24 aromatic rings. The number of aromatic nitrogens is 11. The van der Waals surface area contributed by atoms with E-state index in [0.717, 1.165) is 138 Å². The standard InChI is InChI=1S/C107H63N11O4/c1-107(2)81-45-18-15-36-69(81)70-53-50-66(58-82(70)107)102-108-91-72-37-16-19-46-85(72)119-97(91)93(110-102)78-43-22-40-75-90-77(42-25-49-88(90)122-95(75)78)106-116-101(62-30-11-5-12-31-62)113-104(117-106)65-33-21-32-63(56-65)64-52-55-83-80(57-64)71-54-51-67(59-84(71)118(83)68-34-13-6-14-35-68)103-109-92-73-38-17-20-47-86(73)120-98(92)94(111-103)79-44-23-39-74-89-76(41-24-48-87(89)121-96(74)79)105-114-99(60-26-7-3-8-27-60)112-100(115-105)61-28-9-4-10-29-61/h3-59H,1-2H3. The number of furan rings is 4. The van der Waals surface area contributed by atoms with Crippen molar-refractivity contribution in [1.82, 2.24) is 54.4 Å². The molecule has 0 spiro atoms. The summed E-state index contributed by atoms with van der Waals surface area (Å²) in [6, 6.07) is 118. The van der Waals surface area contributed by atoms with E-state index in [9.17, 15) is 0 Å². The van der Waals surface area contributed by atoms with E-state index in [2.05, 4.69) is 194 Å². The van der Waals surface area contributed by atoms with Gasteiger partial charge in [0.1, 0.15) is 55.9 Å². The van der Waals surface area contributed by atoms with Crippen molar-refractivity contribution in [1.29, 1.82) is 0 Å². The molecule has 0 atom stereocenters. The molecule has 0 radical (unpaired) electrons. The van der Waals surface area contributed by atoms with Gasteiger partial charge in [-0.2, -0.15) is 0 Å². The van der Waals surface area contributed by atoms with E-state index in [1.165, 1.54) is 22.3 Å². The molecule has 0 bridgehead atoms. The second-order valence-corrected chi connectivity index (χ2v) is 31.6. The summed E-state index contributed by atoms with van der Waals surface area (Å²) in [5.41, 5.74) is 25.8.